The molecule has 0 radical (unpaired) electrons. The van der Waals surface area contributed by atoms with Crippen LogP contribution in [0.5, 0.6) is 0 Å². The number of anilines is 1. The maximum atomic E-state index is 13.2. The first-order chi connectivity index (χ1) is 9.08. The summed E-state index contributed by atoms with van der Waals surface area (Å²) in [6.45, 7) is 0. The van der Waals surface area contributed by atoms with E-state index in [1.54, 1.807) is 0 Å². The Labute approximate surface area is 117 Å². The van der Waals surface area contributed by atoms with E-state index in [0.717, 1.165) is 25.7 Å². The Morgan fingerprint density at radius 3 is 2.58 bits per heavy atom. The molecule has 1 amide bonds. The first-order valence-corrected chi connectivity index (χ1v) is 7.77. The summed E-state index contributed by atoms with van der Waals surface area (Å²) in [6.07, 6.45) is 6.35. The third-order valence-corrected chi connectivity index (χ3v) is 4.66. The van der Waals surface area contributed by atoms with Gasteiger partial charge in [-0.05, 0) is 50.1 Å². The first kappa shape index (κ1) is 14.2. The van der Waals surface area contributed by atoms with Gasteiger partial charge in [0.2, 0.25) is 0 Å². The minimum atomic E-state index is -0.476. The van der Waals surface area contributed by atoms with Gasteiger partial charge in [0.25, 0.3) is 5.91 Å². The molecule has 19 heavy (non-hydrogen) atoms. The highest BCUT2D eigenvalue weighted by atomic mass is 32.2. The van der Waals surface area contributed by atoms with Gasteiger partial charge in [0.15, 0.2) is 0 Å². The lowest BCUT2D eigenvalue weighted by Crippen LogP contribution is -2.38. The van der Waals surface area contributed by atoms with E-state index >= 15 is 0 Å². The summed E-state index contributed by atoms with van der Waals surface area (Å²) in [4.78, 5) is 12.0. The molecule has 3 N–H and O–H groups in total. The summed E-state index contributed by atoms with van der Waals surface area (Å²) in [5, 5.41) is 3.67. The van der Waals surface area contributed by atoms with Crippen molar-refractivity contribution in [2.45, 2.75) is 37.0 Å². The average Bonchev–Trinajstić information content (AvgIpc) is 2.38. The second-order valence-corrected chi connectivity index (χ2v) is 6.09. The van der Waals surface area contributed by atoms with Crippen molar-refractivity contribution in [3.05, 3.63) is 29.6 Å². The molecule has 0 spiro atoms. The van der Waals surface area contributed by atoms with Crippen LogP contribution in [0.1, 0.15) is 36.0 Å². The molecular weight excluding hydrogens is 263 g/mol. The zero-order chi connectivity index (χ0) is 13.8. The first-order valence-electron chi connectivity index (χ1n) is 6.48. The molecule has 1 aliphatic rings. The summed E-state index contributed by atoms with van der Waals surface area (Å²) in [5.41, 5.74) is 6.11. The number of nitrogen functional groups attached to an aromatic ring is 1. The Hall–Kier alpha value is -1.23. The highest BCUT2D eigenvalue weighted by Gasteiger charge is 2.22. The molecule has 2 rings (SSSR count). The van der Waals surface area contributed by atoms with Crippen LogP contribution in [-0.4, -0.2) is 23.5 Å². The van der Waals surface area contributed by atoms with Crippen molar-refractivity contribution in [1.82, 2.24) is 5.32 Å². The predicted octanol–water partition coefficient (Wildman–Crippen LogP) is 2.81. The lowest BCUT2D eigenvalue weighted by molar-refractivity contribution is 0.0927. The lowest BCUT2D eigenvalue weighted by Gasteiger charge is -2.28. The molecule has 1 aromatic rings. The Bertz CT molecular complexity index is 439. The zero-order valence-corrected chi connectivity index (χ0v) is 11.8. The molecule has 0 saturated heterocycles. The largest absolute Gasteiger partial charge is 0.399 e. The maximum Gasteiger partial charge on any atom is 0.251 e. The quantitative estimate of drug-likeness (QED) is 0.838. The SMILES string of the molecule is CSC1CCC(NC(=O)c2cc(N)cc(F)c2)CC1. The lowest BCUT2D eigenvalue weighted by atomic mass is 9.94. The van der Waals surface area contributed by atoms with E-state index in [4.69, 9.17) is 5.73 Å². The Kier molecular flexibility index (Phi) is 4.69. The number of carbonyl (C=O) groups excluding carboxylic acids is 1. The third kappa shape index (κ3) is 3.86. The van der Waals surface area contributed by atoms with E-state index in [-0.39, 0.29) is 17.6 Å². The Morgan fingerprint density at radius 2 is 2.00 bits per heavy atom. The van der Waals surface area contributed by atoms with Crippen LogP contribution in [0.3, 0.4) is 0 Å². The van der Waals surface area contributed by atoms with E-state index in [9.17, 15) is 9.18 Å². The van der Waals surface area contributed by atoms with Gasteiger partial charge in [0, 0.05) is 22.5 Å². The molecule has 104 valence electrons. The molecule has 3 nitrogen and oxygen atoms in total. The summed E-state index contributed by atoms with van der Waals surface area (Å²) < 4.78 is 13.2. The van der Waals surface area contributed by atoms with Crippen molar-refractivity contribution in [1.29, 1.82) is 0 Å². The normalized spacial score (nSPS) is 23.1. The van der Waals surface area contributed by atoms with Gasteiger partial charge in [-0.25, -0.2) is 4.39 Å². The summed E-state index contributed by atoms with van der Waals surface area (Å²) in [5.74, 6) is -0.713. The molecule has 0 unspecified atom stereocenters. The van der Waals surface area contributed by atoms with Crippen LogP contribution in [0.2, 0.25) is 0 Å². The highest BCUT2D eigenvalue weighted by molar-refractivity contribution is 7.99. The summed E-state index contributed by atoms with van der Waals surface area (Å²) in [6, 6.07) is 4.13. The second-order valence-electron chi connectivity index (χ2n) is 4.96. The number of hydrogen-bond acceptors (Lipinski definition) is 3. The van der Waals surface area contributed by atoms with E-state index in [2.05, 4.69) is 11.6 Å². The molecule has 0 heterocycles. The fraction of sp³-hybridized carbons (Fsp3) is 0.500. The zero-order valence-electron chi connectivity index (χ0n) is 11.0. The van der Waals surface area contributed by atoms with Gasteiger partial charge in [-0.1, -0.05) is 0 Å². The van der Waals surface area contributed by atoms with E-state index in [0.29, 0.717) is 10.8 Å². The van der Waals surface area contributed by atoms with Gasteiger partial charge in [-0.15, -0.1) is 0 Å². The van der Waals surface area contributed by atoms with E-state index in [1.165, 1.54) is 18.2 Å². The molecule has 5 heteroatoms. The van der Waals surface area contributed by atoms with Gasteiger partial charge in [0.05, 0.1) is 0 Å². The van der Waals surface area contributed by atoms with Gasteiger partial charge in [-0.2, -0.15) is 11.8 Å². The smallest absolute Gasteiger partial charge is 0.251 e. The standard InChI is InChI=1S/C14H19FN2OS/c1-19-13-4-2-12(3-5-13)17-14(18)9-6-10(15)8-11(16)7-9/h6-8,12-13H,2-5,16H2,1H3,(H,17,18). The summed E-state index contributed by atoms with van der Waals surface area (Å²) in [7, 11) is 0. The minimum absolute atomic E-state index is 0.195. The van der Waals surface area contributed by atoms with Crippen LogP contribution < -0.4 is 11.1 Å². The van der Waals surface area contributed by atoms with Crippen LogP contribution in [0.15, 0.2) is 18.2 Å². The van der Waals surface area contributed by atoms with Gasteiger partial charge in [-0.3, -0.25) is 4.79 Å². The van der Waals surface area contributed by atoms with E-state index in [1.807, 2.05) is 11.8 Å². The Balaban J connectivity index is 1.94. The average molecular weight is 282 g/mol. The number of carbonyl (C=O) groups is 1. The number of rotatable bonds is 3. The molecule has 0 aliphatic heterocycles. The molecule has 1 aromatic carbocycles. The maximum absolute atomic E-state index is 13.2. The number of benzene rings is 1. The monoisotopic (exact) mass is 282 g/mol. The van der Waals surface area contributed by atoms with Crippen molar-refractivity contribution >= 4 is 23.4 Å². The van der Waals surface area contributed by atoms with Crippen molar-refractivity contribution in [2.75, 3.05) is 12.0 Å². The van der Waals surface area contributed by atoms with Gasteiger partial charge >= 0.3 is 0 Å². The highest BCUT2D eigenvalue weighted by Crippen LogP contribution is 2.27. The third-order valence-electron chi connectivity index (χ3n) is 3.53. The molecular formula is C14H19FN2OS. The van der Waals surface area contributed by atoms with Crippen LogP contribution in [0.4, 0.5) is 10.1 Å². The van der Waals surface area contributed by atoms with Crippen molar-refractivity contribution in [3.8, 4) is 0 Å². The molecule has 1 fully saturated rings. The number of halogens is 1. The topological polar surface area (TPSA) is 55.1 Å². The molecule has 0 aromatic heterocycles. The van der Waals surface area contributed by atoms with Gasteiger partial charge in [0.1, 0.15) is 5.82 Å². The fourth-order valence-corrected chi connectivity index (χ4v) is 3.20. The summed E-state index contributed by atoms with van der Waals surface area (Å²) >= 11 is 1.89. The number of nitrogens with one attached hydrogen (secondary N) is 1. The molecule has 0 bridgehead atoms. The molecule has 0 atom stereocenters. The molecule has 1 saturated carbocycles. The van der Waals surface area contributed by atoms with Crippen LogP contribution in [0, 0.1) is 5.82 Å². The van der Waals surface area contributed by atoms with Crippen LogP contribution in [-0.2, 0) is 0 Å². The number of amides is 1. The minimum Gasteiger partial charge on any atom is -0.399 e. The predicted molar refractivity (Wildman–Crippen MR) is 77.8 cm³/mol. The van der Waals surface area contributed by atoms with Crippen LogP contribution in [0.25, 0.3) is 0 Å². The van der Waals surface area contributed by atoms with Gasteiger partial charge < -0.3 is 11.1 Å². The van der Waals surface area contributed by atoms with E-state index < -0.39 is 5.82 Å². The Morgan fingerprint density at radius 1 is 1.32 bits per heavy atom. The fourth-order valence-electron chi connectivity index (χ4n) is 2.46. The van der Waals surface area contributed by atoms with Crippen molar-refractivity contribution in [2.24, 2.45) is 0 Å². The van der Waals surface area contributed by atoms with Crippen LogP contribution >= 0.6 is 11.8 Å². The molecule has 1 aliphatic carbocycles. The number of nitrogens with two attached hydrogens (primary N) is 1. The number of thioether (sulfide) groups is 1. The van der Waals surface area contributed by atoms with Crippen molar-refractivity contribution < 1.29 is 9.18 Å². The number of hydrogen-bond donors (Lipinski definition) is 2. The second kappa shape index (κ2) is 6.28. The van der Waals surface area contributed by atoms with Crippen molar-refractivity contribution in [3.63, 3.8) is 0 Å².